The Morgan fingerprint density at radius 2 is 1.76 bits per heavy atom. The minimum atomic E-state index is -4.64. The van der Waals surface area contributed by atoms with Crippen LogP contribution in [0.1, 0.15) is 11.3 Å². The maximum absolute atomic E-state index is 12.7. The fourth-order valence-electron chi connectivity index (χ4n) is 1.64. The van der Waals surface area contributed by atoms with Gasteiger partial charge in [-0.15, -0.1) is 0 Å². The summed E-state index contributed by atoms with van der Waals surface area (Å²) >= 11 is 17.6. The molecule has 2 rings (SSSR count). The first kappa shape index (κ1) is 15.9. The van der Waals surface area contributed by atoms with Gasteiger partial charge >= 0.3 is 6.18 Å². The van der Waals surface area contributed by atoms with Gasteiger partial charge in [0.2, 0.25) is 0 Å². The molecule has 0 atom stereocenters. The Bertz CT molecular complexity index is 752. The van der Waals surface area contributed by atoms with E-state index in [1.54, 1.807) is 6.07 Å². The van der Waals surface area contributed by atoms with Gasteiger partial charge in [-0.25, -0.2) is 4.98 Å². The fourth-order valence-corrected chi connectivity index (χ4v) is 2.33. The first-order valence-electron chi connectivity index (χ1n) is 5.37. The van der Waals surface area contributed by atoms with Crippen LogP contribution in [0.3, 0.4) is 0 Å². The average Bonchev–Trinajstić information content (AvgIpc) is 2.41. The van der Waals surface area contributed by atoms with Crippen LogP contribution in [0.4, 0.5) is 13.2 Å². The van der Waals surface area contributed by atoms with E-state index < -0.39 is 11.9 Å². The fraction of sp³-hybridized carbons (Fsp3) is 0.0769. The van der Waals surface area contributed by atoms with Crippen LogP contribution in [-0.4, -0.2) is 4.98 Å². The Labute approximate surface area is 132 Å². The molecule has 0 saturated heterocycles. The monoisotopic (exact) mass is 350 g/mol. The molecule has 1 aromatic heterocycles. The van der Waals surface area contributed by atoms with Crippen LogP contribution in [0.2, 0.25) is 15.1 Å². The van der Waals surface area contributed by atoms with Crippen molar-refractivity contribution in [1.82, 2.24) is 4.98 Å². The second-order valence-electron chi connectivity index (χ2n) is 3.95. The number of pyridine rings is 1. The van der Waals surface area contributed by atoms with Crippen LogP contribution in [0.25, 0.3) is 11.3 Å². The number of alkyl halides is 3. The molecule has 0 aliphatic rings. The van der Waals surface area contributed by atoms with Gasteiger partial charge in [0, 0.05) is 10.6 Å². The summed E-state index contributed by atoms with van der Waals surface area (Å²) in [5.74, 6) is 0. The summed E-state index contributed by atoms with van der Waals surface area (Å²) < 4.78 is 38.2. The summed E-state index contributed by atoms with van der Waals surface area (Å²) in [5.41, 5.74) is -1.36. The van der Waals surface area contributed by atoms with E-state index in [4.69, 9.17) is 40.1 Å². The van der Waals surface area contributed by atoms with Gasteiger partial charge in [0.05, 0.1) is 21.3 Å². The maximum atomic E-state index is 12.7. The Balaban J connectivity index is 2.77. The van der Waals surface area contributed by atoms with E-state index in [2.05, 4.69) is 4.98 Å². The van der Waals surface area contributed by atoms with Crippen LogP contribution in [0, 0.1) is 11.3 Å². The highest BCUT2D eigenvalue weighted by molar-refractivity contribution is 6.45. The molecule has 0 aliphatic heterocycles. The van der Waals surface area contributed by atoms with Crippen molar-refractivity contribution >= 4 is 34.8 Å². The number of benzene rings is 1. The highest BCUT2D eigenvalue weighted by atomic mass is 35.5. The van der Waals surface area contributed by atoms with Crippen molar-refractivity contribution in [2.45, 2.75) is 6.18 Å². The number of halogens is 6. The molecule has 1 aromatic carbocycles. The summed E-state index contributed by atoms with van der Waals surface area (Å²) in [4.78, 5) is 3.48. The van der Waals surface area contributed by atoms with Crippen LogP contribution >= 0.6 is 34.8 Å². The normalized spacial score (nSPS) is 11.3. The zero-order chi connectivity index (χ0) is 15.8. The molecule has 0 amide bonds. The van der Waals surface area contributed by atoms with Crippen LogP contribution in [0.15, 0.2) is 24.3 Å². The standard InChI is InChI=1S/C13H4Cl3F3N2/c14-7-3-8(11(16)9(15)4-7)12-6(5-20)1-2-10(21-12)13(17,18)19/h1-4H. The van der Waals surface area contributed by atoms with Crippen molar-refractivity contribution in [1.29, 1.82) is 5.26 Å². The summed E-state index contributed by atoms with van der Waals surface area (Å²) in [5, 5.41) is 9.23. The van der Waals surface area contributed by atoms with Crippen molar-refractivity contribution in [3.05, 3.63) is 50.6 Å². The number of hydrogen-bond donors (Lipinski definition) is 0. The molecule has 2 aromatic rings. The molecule has 0 N–H and O–H groups in total. The predicted octanol–water partition coefficient (Wildman–Crippen LogP) is 5.60. The Hall–Kier alpha value is -1.48. The summed E-state index contributed by atoms with van der Waals surface area (Å²) in [7, 11) is 0. The zero-order valence-electron chi connectivity index (χ0n) is 9.97. The molecule has 0 bridgehead atoms. The Morgan fingerprint density at radius 1 is 1.10 bits per heavy atom. The molecule has 0 aliphatic carbocycles. The Kier molecular flexibility index (Phi) is 4.33. The van der Waals surface area contributed by atoms with Gasteiger partial charge in [0.15, 0.2) is 0 Å². The highest BCUT2D eigenvalue weighted by Gasteiger charge is 2.33. The number of hydrogen-bond acceptors (Lipinski definition) is 2. The molecule has 0 unspecified atom stereocenters. The molecule has 0 fully saturated rings. The average molecular weight is 352 g/mol. The molecule has 2 nitrogen and oxygen atoms in total. The van der Waals surface area contributed by atoms with E-state index >= 15 is 0 Å². The highest BCUT2D eigenvalue weighted by Crippen LogP contribution is 2.38. The van der Waals surface area contributed by atoms with Crippen LogP contribution in [-0.2, 0) is 6.18 Å². The lowest BCUT2D eigenvalue weighted by molar-refractivity contribution is -0.141. The lowest BCUT2D eigenvalue weighted by Gasteiger charge is -2.11. The van der Waals surface area contributed by atoms with Crippen molar-refractivity contribution in [3.63, 3.8) is 0 Å². The number of nitriles is 1. The maximum Gasteiger partial charge on any atom is 0.433 e. The quantitative estimate of drug-likeness (QED) is 0.627. The third-order valence-electron chi connectivity index (χ3n) is 2.55. The van der Waals surface area contributed by atoms with Crippen molar-refractivity contribution in [2.24, 2.45) is 0 Å². The van der Waals surface area contributed by atoms with Crippen molar-refractivity contribution in [3.8, 4) is 17.3 Å². The van der Waals surface area contributed by atoms with E-state index in [1.807, 2.05) is 0 Å². The summed E-state index contributed by atoms with van der Waals surface area (Å²) in [6.45, 7) is 0. The third-order valence-corrected chi connectivity index (χ3v) is 3.57. The predicted molar refractivity (Wildman–Crippen MR) is 74.4 cm³/mol. The Morgan fingerprint density at radius 3 is 2.33 bits per heavy atom. The van der Waals surface area contributed by atoms with E-state index in [1.165, 1.54) is 12.1 Å². The van der Waals surface area contributed by atoms with Gasteiger partial charge < -0.3 is 0 Å². The summed E-state index contributed by atoms with van der Waals surface area (Å²) in [6.07, 6.45) is -4.64. The third kappa shape index (κ3) is 3.24. The topological polar surface area (TPSA) is 36.7 Å². The van der Waals surface area contributed by atoms with E-state index in [0.29, 0.717) is 0 Å². The van der Waals surface area contributed by atoms with Crippen molar-refractivity contribution in [2.75, 3.05) is 0 Å². The van der Waals surface area contributed by atoms with Crippen LogP contribution < -0.4 is 0 Å². The van der Waals surface area contributed by atoms with Gasteiger partial charge in [0.25, 0.3) is 0 Å². The van der Waals surface area contributed by atoms with Gasteiger partial charge in [-0.1, -0.05) is 34.8 Å². The minimum absolute atomic E-state index is 0.0237. The molecule has 0 saturated carbocycles. The second-order valence-corrected chi connectivity index (χ2v) is 5.17. The van der Waals surface area contributed by atoms with E-state index in [0.717, 1.165) is 12.1 Å². The zero-order valence-corrected chi connectivity index (χ0v) is 12.2. The van der Waals surface area contributed by atoms with Crippen LogP contribution in [0.5, 0.6) is 0 Å². The van der Waals surface area contributed by atoms with Gasteiger partial charge in [-0.05, 0) is 24.3 Å². The lowest BCUT2D eigenvalue weighted by atomic mass is 10.1. The van der Waals surface area contributed by atoms with Gasteiger partial charge in [-0.2, -0.15) is 18.4 Å². The first-order chi connectivity index (χ1) is 9.74. The summed E-state index contributed by atoms with van der Waals surface area (Å²) in [6, 6.07) is 6.16. The second kappa shape index (κ2) is 5.72. The number of nitrogens with zero attached hydrogens (tertiary/aromatic N) is 2. The minimum Gasteiger partial charge on any atom is -0.242 e. The van der Waals surface area contributed by atoms with Gasteiger partial charge in [-0.3, -0.25) is 0 Å². The lowest BCUT2D eigenvalue weighted by Crippen LogP contribution is -2.09. The van der Waals surface area contributed by atoms with Gasteiger partial charge in [0.1, 0.15) is 11.8 Å². The molecular formula is C13H4Cl3F3N2. The smallest absolute Gasteiger partial charge is 0.242 e. The number of rotatable bonds is 1. The molecular weight excluding hydrogens is 348 g/mol. The number of aromatic nitrogens is 1. The molecule has 8 heteroatoms. The molecule has 0 spiro atoms. The van der Waals surface area contributed by atoms with E-state index in [-0.39, 0.29) is 31.9 Å². The molecule has 21 heavy (non-hydrogen) atoms. The van der Waals surface area contributed by atoms with E-state index in [9.17, 15) is 13.2 Å². The molecule has 0 radical (unpaired) electrons. The molecule has 108 valence electrons. The first-order valence-corrected chi connectivity index (χ1v) is 6.50. The van der Waals surface area contributed by atoms with Crippen molar-refractivity contribution < 1.29 is 13.2 Å². The molecule has 1 heterocycles. The largest absolute Gasteiger partial charge is 0.433 e. The SMILES string of the molecule is N#Cc1ccc(C(F)(F)F)nc1-c1cc(Cl)cc(Cl)c1Cl.